The number of amides is 2. The second-order valence-corrected chi connectivity index (χ2v) is 9.79. The number of Topliss-reactive ketones (excluding diaryl/α,β-unsaturated/α-hetero) is 1. The van der Waals surface area contributed by atoms with Crippen LogP contribution in [-0.2, 0) is 24.2 Å². The van der Waals surface area contributed by atoms with Crippen LogP contribution in [0, 0.1) is 0 Å². The number of hydrogen-bond donors (Lipinski definition) is 1. The average Bonchev–Trinajstić information content (AvgIpc) is 3.07. The van der Waals surface area contributed by atoms with Gasteiger partial charge in [0.25, 0.3) is 11.8 Å². The number of carbonyl (C=O) groups is 3. The molecule has 0 aliphatic carbocycles. The number of nitrogens with zero attached hydrogens (tertiary/aromatic N) is 4. The number of aromatic nitrogens is 3. The first-order chi connectivity index (χ1) is 19.9. The van der Waals surface area contributed by atoms with Crippen LogP contribution in [0.2, 0.25) is 5.02 Å². The van der Waals surface area contributed by atoms with Crippen LogP contribution in [0.5, 0.6) is 11.6 Å². The molecule has 208 valence electrons. The number of benzene rings is 2. The van der Waals surface area contributed by atoms with E-state index in [1.54, 1.807) is 53.6 Å². The molecule has 1 N–H and O–H groups in total. The third kappa shape index (κ3) is 6.17. The van der Waals surface area contributed by atoms with Crippen LogP contribution in [0.1, 0.15) is 37.5 Å². The summed E-state index contributed by atoms with van der Waals surface area (Å²) in [4.78, 5) is 54.5. The first kappa shape index (κ1) is 27.7. The van der Waals surface area contributed by atoms with Crippen LogP contribution >= 0.6 is 11.6 Å². The zero-order chi connectivity index (χ0) is 28.9. The Hall–Kier alpha value is -4.83. The normalized spacial score (nSPS) is 14.7. The monoisotopic (exact) mass is 571 g/mol. The van der Waals surface area contributed by atoms with Gasteiger partial charge in [0, 0.05) is 41.9 Å². The van der Waals surface area contributed by atoms with Crippen LogP contribution in [-0.4, -0.2) is 57.7 Å². The van der Waals surface area contributed by atoms with Gasteiger partial charge in [-0.2, -0.15) is 0 Å². The van der Waals surface area contributed by atoms with Gasteiger partial charge in [-0.1, -0.05) is 23.7 Å². The van der Waals surface area contributed by atoms with Crippen LogP contribution in [0.4, 0.5) is 5.82 Å². The largest absolute Gasteiger partial charge is 0.496 e. The summed E-state index contributed by atoms with van der Waals surface area (Å²) in [5.74, 6) is -0.00238. The van der Waals surface area contributed by atoms with Crippen molar-refractivity contribution in [2.24, 2.45) is 0 Å². The number of anilines is 1. The smallest absolute Gasteiger partial charge is 0.260 e. The van der Waals surface area contributed by atoms with Gasteiger partial charge in [0.1, 0.15) is 5.75 Å². The first-order valence-electron chi connectivity index (χ1n) is 12.7. The summed E-state index contributed by atoms with van der Waals surface area (Å²) < 4.78 is 10.5. The summed E-state index contributed by atoms with van der Waals surface area (Å²) in [6.07, 6.45) is 4.76. The minimum atomic E-state index is -0.758. The van der Waals surface area contributed by atoms with Gasteiger partial charge in [0.05, 0.1) is 38.2 Å². The van der Waals surface area contributed by atoms with Gasteiger partial charge in [-0.25, -0.2) is 9.97 Å². The van der Waals surface area contributed by atoms with E-state index in [4.69, 9.17) is 21.1 Å². The molecule has 0 spiro atoms. The number of nitrogens with one attached hydrogen (secondary N) is 1. The fourth-order valence-corrected chi connectivity index (χ4v) is 4.90. The summed E-state index contributed by atoms with van der Waals surface area (Å²) in [7, 11) is 2.92. The number of halogens is 1. The summed E-state index contributed by atoms with van der Waals surface area (Å²) in [6.45, 7) is 0.104. The summed E-state index contributed by atoms with van der Waals surface area (Å²) >= 11 is 6.19. The van der Waals surface area contributed by atoms with Gasteiger partial charge in [-0.3, -0.25) is 19.4 Å². The number of pyridine rings is 1. The minimum Gasteiger partial charge on any atom is -0.496 e. The minimum absolute atomic E-state index is 0.0757. The Bertz CT molecular complexity index is 1600. The van der Waals surface area contributed by atoms with Gasteiger partial charge in [0.15, 0.2) is 11.6 Å². The Kier molecular flexibility index (Phi) is 8.21. The molecule has 0 saturated carbocycles. The maximum absolute atomic E-state index is 13.9. The molecule has 1 atom stereocenters. The second kappa shape index (κ2) is 12.1. The zero-order valence-corrected chi connectivity index (χ0v) is 23.1. The highest BCUT2D eigenvalue weighted by Gasteiger charge is 2.36. The van der Waals surface area contributed by atoms with Crippen molar-refractivity contribution in [3.05, 3.63) is 106 Å². The first-order valence-corrected chi connectivity index (χ1v) is 13.1. The molecule has 1 aliphatic rings. The highest BCUT2D eigenvalue weighted by atomic mass is 35.5. The SMILES string of the molecule is COc1cnc(NC(=O)c2ccc(CN3C(=O)c4ccc(Cl)cc4CC(=O)[C@H]3Cc3ccccn3)cc2OC)cn1. The third-order valence-corrected chi connectivity index (χ3v) is 6.98. The van der Waals surface area contributed by atoms with Crippen molar-refractivity contribution >= 4 is 35.0 Å². The molecule has 2 aromatic heterocycles. The number of ether oxygens (including phenoxy) is 2. The standard InChI is InChI=1S/C30H26ClN5O5/c1-40-26-11-18(6-8-23(26)29(38)35-27-15-34-28(41-2)16-33-27)17-36-24(14-21-5-3-4-10-32-21)25(37)13-19-12-20(31)7-9-22(19)30(36)39/h3-12,15-16,24H,13-14,17H2,1-2H3,(H,33,35,38)/t24-/m1/s1. The van der Waals surface area contributed by atoms with Crippen molar-refractivity contribution in [1.29, 1.82) is 0 Å². The fraction of sp³-hybridized carbons (Fsp3) is 0.200. The Labute approximate surface area is 241 Å². The molecule has 0 radical (unpaired) electrons. The molecular weight excluding hydrogens is 546 g/mol. The second-order valence-electron chi connectivity index (χ2n) is 9.35. The van der Waals surface area contributed by atoms with Crippen molar-refractivity contribution < 1.29 is 23.9 Å². The summed E-state index contributed by atoms with van der Waals surface area (Å²) in [5.41, 5.74) is 2.64. The summed E-state index contributed by atoms with van der Waals surface area (Å²) in [6, 6.07) is 14.7. The highest BCUT2D eigenvalue weighted by molar-refractivity contribution is 6.30. The molecule has 5 rings (SSSR count). The van der Waals surface area contributed by atoms with E-state index in [0.717, 1.165) is 0 Å². The van der Waals surface area contributed by atoms with Gasteiger partial charge in [-0.15, -0.1) is 0 Å². The van der Waals surface area contributed by atoms with Crippen LogP contribution in [0.15, 0.2) is 73.2 Å². The molecule has 3 heterocycles. The van der Waals surface area contributed by atoms with E-state index >= 15 is 0 Å². The molecule has 0 bridgehead atoms. The lowest BCUT2D eigenvalue weighted by Crippen LogP contribution is -2.45. The average molecular weight is 572 g/mol. The van der Waals surface area contributed by atoms with E-state index < -0.39 is 11.9 Å². The van der Waals surface area contributed by atoms with Gasteiger partial charge >= 0.3 is 0 Å². The predicted molar refractivity (Wildman–Crippen MR) is 151 cm³/mol. The third-order valence-electron chi connectivity index (χ3n) is 6.74. The molecule has 41 heavy (non-hydrogen) atoms. The molecular formula is C30H26ClN5O5. The lowest BCUT2D eigenvalue weighted by Gasteiger charge is -2.29. The topological polar surface area (TPSA) is 124 Å². The Morgan fingerprint density at radius 1 is 1.02 bits per heavy atom. The highest BCUT2D eigenvalue weighted by Crippen LogP contribution is 2.28. The summed E-state index contributed by atoms with van der Waals surface area (Å²) in [5, 5.41) is 3.14. The number of rotatable bonds is 8. The van der Waals surface area contributed by atoms with Crippen molar-refractivity contribution in [1.82, 2.24) is 19.9 Å². The lowest BCUT2D eigenvalue weighted by atomic mass is 9.99. The molecule has 1 aliphatic heterocycles. The molecule has 0 unspecified atom stereocenters. The number of methoxy groups -OCH3 is 2. The molecule has 2 amide bonds. The van der Waals surface area contributed by atoms with Crippen molar-refractivity contribution in [2.45, 2.75) is 25.4 Å². The fourth-order valence-electron chi connectivity index (χ4n) is 4.70. The molecule has 0 fully saturated rings. The van der Waals surface area contributed by atoms with Crippen molar-refractivity contribution in [3.8, 4) is 11.6 Å². The van der Waals surface area contributed by atoms with Crippen molar-refractivity contribution in [3.63, 3.8) is 0 Å². The van der Waals surface area contributed by atoms with E-state index in [0.29, 0.717) is 39.0 Å². The number of carbonyl (C=O) groups excluding carboxylic acids is 3. The Morgan fingerprint density at radius 2 is 1.88 bits per heavy atom. The molecule has 11 heteroatoms. The Balaban J connectivity index is 1.45. The van der Waals surface area contributed by atoms with Gasteiger partial charge in [-0.05, 0) is 53.6 Å². The molecule has 2 aromatic carbocycles. The molecule has 0 saturated heterocycles. The van der Waals surface area contributed by atoms with Crippen LogP contribution < -0.4 is 14.8 Å². The molecule has 4 aromatic rings. The lowest BCUT2D eigenvalue weighted by molar-refractivity contribution is -0.122. The van der Waals surface area contributed by atoms with Gasteiger partial charge in [0.2, 0.25) is 5.88 Å². The van der Waals surface area contributed by atoms with E-state index in [1.807, 2.05) is 12.1 Å². The van der Waals surface area contributed by atoms with E-state index in [-0.39, 0.29) is 42.5 Å². The predicted octanol–water partition coefficient (Wildman–Crippen LogP) is 4.17. The number of fused-ring (bicyclic) bond motifs is 1. The quantitative estimate of drug-likeness (QED) is 0.334. The number of ketones is 1. The van der Waals surface area contributed by atoms with E-state index in [1.165, 1.54) is 26.6 Å². The van der Waals surface area contributed by atoms with E-state index in [2.05, 4.69) is 20.3 Å². The maximum atomic E-state index is 13.9. The Morgan fingerprint density at radius 3 is 2.59 bits per heavy atom. The van der Waals surface area contributed by atoms with E-state index in [9.17, 15) is 14.4 Å². The molecule has 10 nitrogen and oxygen atoms in total. The van der Waals surface area contributed by atoms with Crippen molar-refractivity contribution in [2.75, 3.05) is 19.5 Å². The number of hydrogen-bond acceptors (Lipinski definition) is 8. The van der Waals surface area contributed by atoms with Crippen LogP contribution in [0.25, 0.3) is 0 Å². The maximum Gasteiger partial charge on any atom is 0.260 e. The van der Waals surface area contributed by atoms with Crippen LogP contribution in [0.3, 0.4) is 0 Å². The van der Waals surface area contributed by atoms with Gasteiger partial charge < -0.3 is 19.7 Å². The zero-order valence-electron chi connectivity index (χ0n) is 22.3.